The van der Waals surface area contributed by atoms with Gasteiger partial charge in [-0.3, -0.25) is 0 Å². The number of hydrogen-bond acceptors (Lipinski definition) is 17. The molecular weight excluding hydrogens is 997 g/mol. The Morgan fingerprint density at radius 2 is 1.00 bits per heavy atom. The fraction of sp³-hybridized carbons (Fsp3) is 0.246. The molecule has 77 heavy (non-hydrogen) atoms. The molecule has 0 radical (unpaired) electrons. The van der Waals surface area contributed by atoms with Crippen molar-refractivity contribution in [3.8, 4) is 51.0 Å². The first-order valence-electron chi connectivity index (χ1n) is 24.9. The summed E-state index contributed by atoms with van der Waals surface area (Å²) in [6.07, 6.45) is 7.65. The van der Waals surface area contributed by atoms with Crippen LogP contribution in [0.15, 0.2) is 138 Å². The highest BCUT2D eigenvalue weighted by molar-refractivity contribution is 7.89. The Bertz CT molecular complexity index is 3490. The number of sulfonamides is 1. The highest BCUT2D eigenvalue weighted by Gasteiger charge is 2.28. The molecule has 6 heterocycles. The lowest BCUT2D eigenvalue weighted by Crippen LogP contribution is -2.39. The summed E-state index contributed by atoms with van der Waals surface area (Å²) < 4.78 is 32.7. The molecule has 398 valence electrons. The minimum absolute atomic E-state index is 0.107. The zero-order valence-corrected chi connectivity index (χ0v) is 44.1. The highest BCUT2D eigenvalue weighted by Crippen LogP contribution is 2.36. The van der Waals surface area contributed by atoms with Crippen LogP contribution in [0.25, 0.3) is 50.5 Å². The average Bonchev–Trinajstić information content (AvgIpc) is 3.43. The molecule has 0 saturated carbocycles. The van der Waals surface area contributed by atoms with E-state index in [1.807, 2.05) is 70.2 Å². The number of aryl methyl sites for hydroxylation is 1. The third-order valence-electron chi connectivity index (χ3n) is 12.8. The van der Waals surface area contributed by atoms with Crippen molar-refractivity contribution in [3.63, 3.8) is 0 Å². The van der Waals surface area contributed by atoms with Gasteiger partial charge in [0.1, 0.15) is 22.8 Å². The first kappa shape index (κ1) is 54.5. The Hall–Kier alpha value is -8.72. The molecule has 19 nitrogen and oxygen atoms in total. The van der Waals surface area contributed by atoms with Gasteiger partial charge in [-0.15, -0.1) is 30.6 Å². The van der Waals surface area contributed by atoms with E-state index in [0.29, 0.717) is 83.4 Å². The number of nitrogens with two attached hydrogens (primary N) is 3. The SMILES string of the molecule is CC(C)(C)OC(=O)N1CC=C(c2cc(-c3ccccc3O)nnc2N)CC1.Cc1ccc(S(=O)(=O)N2CC=C(c3cc(-c4ccccc4O)nnc3N)CC2)cc1.Nc1nnc(-c2ccccc2O)cc1C1=CCNCC1. The number of nitrogens with zero attached hydrogens (tertiary/aromatic N) is 8. The number of phenols is 3. The van der Waals surface area contributed by atoms with E-state index >= 15 is 0 Å². The van der Waals surface area contributed by atoms with Crippen LogP contribution in [0.5, 0.6) is 17.2 Å². The zero-order chi connectivity index (χ0) is 54.9. The number of ether oxygens (including phenoxy) is 1. The molecule has 10 N–H and O–H groups in total. The summed E-state index contributed by atoms with van der Waals surface area (Å²) in [5, 5.41) is 57.7. The van der Waals surface area contributed by atoms with Crippen LogP contribution in [0.1, 0.15) is 62.3 Å². The number of hydrogen-bond donors (Lipinski definition) is 7. The minimum atomic E-state index is -3.55. The number of carbonyl (C=O) groups is 1. The molecular formula is C57H62N12O7S. The number of nitrogens with one attached hydrogen (secondary N) is 1. The maximum atomic E-state index is 12.9. The molecule has 20 heteroatoms. The number of para-hydroxylation sites is 3. The fourth-order valence-corrected chi connectivity index (χ4v) is 10.1. The minimum Gasteiger partial charge on any atom is -0.507 e. The van der Waals surface area contributed by atoms with Crippen molar-refractivity contribution >= 4 is 50.3 Å². The summed E-state index contributed by atoms with van der Waals surface area (Å²) in [5.41, 5.74) is 27.5. The second kappa shape index (κ2) is 23.9. The summed E-state index contributed by atoms with van der Waals surface area (Å²) in [4.78, 5) is 14.1. The second-order valence-corrected chi connectivity index (χ2v) is 21.3. The predicted octanol–water partition coefficient (Wildman–Crippen LogP) is 8.48. The van der Waals surface area contributed by atoms with Crippen LogP contribution in [0, 0.1) is 6.92 Å². The average molecular weight is 1060 g/mol. The van der Waals surface area contributed by atoms with Gasteiger partial charge in [-0.1, -0.05) is 72.3 Å². The van der Waals surface area contributed by atoms with Gasteiger partial charge in [0.15, 0.2) is 17.5 Å². The lowest BCUT2D eigenvalue weighted by molar-refractivity contribution is 0.0270. The molecule has 3 aromatic heterocycles. The van der Waals surface area contributed by atoms with E-state index in [4.69, 9.17) is 21.9 Å². The molecule has 0 atom stereocenters. The van der Waals surface area contributed by atoms with Gasteiger partial charge >= 0.3 is 6.09 Å². The summed E-state index contributed by atoms with van der Waals surface area (Å²) in [6.45, 7) is 10.8. The molecule has 0 fully saturated rings. The number of phenolic OH excluding ortho intramolecular Hbond substituents is 3. The number of benzene rings is 4. The predicted molar refractivity (Wildman–Crippen MR) is 299 cm³/mol. The third kappa shape index (κ3) is 13.4. The Morgan fingerprint density at radius 1 is 0.571 bits per heavy atom. The summed E-state index contributed by atoms with van der Waals surface area (Å²) in [6, 6.07) is 33.3. The van der Waals surface area contributed by atoms with E-state index in [0.717, 1.165) is 47.3 Å². The molecule has 0 spiro atoms. The van der Waals surface area contributed by atoms with Crippen molar-refractivity contribution in [2.45, 2.75) is 57.5 Å². The van der Waals surface area contributed by atoms with E-state index in [2.05, 4.69) is 42.0 Å². The first-order chi connectivity index (χ1) is 36.9. The molecule has 0 bridgehead atoms. The Morgan fingerprint density at radius 3 is 1.38 bits per heavy atom. The van der Waals surface area contributed by atoms with Gasteiger partial charge in [0, 0.05) is 66.1 Å². The molecule has 7 aromatic rings. The van der Waals surface area contributed by atoms with Crippen molar-refractivity contribution in [1.82, 2.24) is 45.1 Å². The fourth-order valence-electron chi connectivity index (χ4n) is 8.69. The Kier molecular flexibility index (Phi) is 16.9. The van der Waals surface area contributed by atoms with E-state index in [9.17, 15) is 28.5 Å². The van der Waals surface area contributed by atoms with Gasteiger partial charge in [0.2, 0.25) is 10.0 Å². The van der Waals surface area contributed by atoms with Crippen LogP contribution in [0.4, 0.5) is 22.2 Å². The van der Waals surface area contributed by atoms with Crippen LogP contribution in [0.2, 0.25) is 0 Å². The zero-order valence-electron chi connectivity index (χ0n) is 43.3. The normalized spacial score (nSPS) is 14.9. The largest absolute Gasteiger partial charge is 0.507 e. The van der Waals surface area contributed by atoms with Gasteiger partial charge in [-0.2, -0.15) is 4.31 Å². The maximum absolute atomic E-state index is 12.9. The van der Waals surface area contributed by atoms with Crippen molar-refractivity contribution in [3.05, 3.63) is 156 Å². The van der Waals surface area contributed by atoms with E-state index < -0.39 is 15.6 Å². The van der Waals surface area contributed by atoms with Gasteiger partial charge in [-0.05, 0) is 137 Å². The number of aromatic nitrogens is 6. The Labute approximate surface area is 447 Å². The van der Waals surface area contributed by atoms with Crippen LogP contribution in [-0.2, 0) is 14.8 Å². The highest BCUT2D eigenvalue weighted by atomic mass is 32.2. The molecule has 3 aliphatic heterocycles. The van der Waals surface area contributed by atoms with Crippen LogP contribution < -0.4 is 22.5 Å². The lowest BCUT2D eigenvalue weighted by Gasteiger charge is -2.29. The molecule has 4 aromatic carbocycles. The molecule has 0 aliphatic carbocycles. The van der Waals surface area contributed by atoms with Crippen LogP contribution >= 0.6 is 0 Å². The summed E-state index contributed by atoms with van der Waals surface area (Å²) in [7, 11) is -3.55. The van der Waals surface area contributed by atoms with Gasteiger partial charge in [-0.25, -0.2) is 13.2 Å². The van der Waals surface area contributed by atoms with Crippen LogP contribution in [-0.4, -0.2) is 114 Å². The topological polar surface area (TPSA) is 295 Å². The first-order valence-corrected chi connectivity index (χ1v) is 26.4. The van der Waals surface area contributed by atoms with Crippen molar-refractivity contribution in [2.75, 3.05) is 56.5 Å². The van der Waals surface area contributed by atoms with E-state index in [1.54, 1.807) is 89.8 Å². The smallest absolute Gasteiger partial charge is 0.410 e. The second-order valence-electron chi connectivity index (χ2n) is 19.4. The molecule has 0 unspecified atom stereocenters. The Balaban J connectivity index is 0.000000156. The standard InChI is InChI=1S/C22H22N4O3S.C20H24N4O3.C15H16N4O/c1-15-6-8-17(9-7-15)30(28,29)26-12-10-16(11-13-26)19-14-20(24-25-22(19)23)18-4-2-3-5-21(18)27;1-20(2,3)27-19(26)24-10-8-13(9-11-24)15-12-16(22-23-18(15)21)14-6-4-5-7-17(14)25;16-15-12(10-5-7-17-8-6-10)9-13(18-19-15)11-3-1-2-4-14(11)20/h2-10,14,27H,11-13H2,1H3,(H2,23,25);4-8,12,25H,9-11H2,1-3H3,(H2,21,23);1-5,9,17,20H,6-8H2,(H2,16,19). The van der Waals surface area contributed by atoms with E-state index in [-0.39, 0.29) is 40.6 Å². The van der Waals surface area contributed by atoms with Crippen molar-refractivity contribution in [1.29, 1.82) is 0 Å². The summed E-state index contributed by atoms with van der Waals surface area (Å²) >= 11 is 0. The van der Waals surface area contributed by atoms with Gasteiger partial charge < -0.3 is 47.5 Å². The molecule has 0 saturated heterocycles. The molecule has 10 rings (SSSR count). The maximum Gasteiger partial charge on any atom is 0.410 e. The van der Waals surface area contributed by atoms with E-state index in [1.165, 1.54) is 9.88 Å². The monoisotopic (exact) mass is 1060 g/mol. The van der Waals surface area contributed by atoms with Gasteiger partial charge in [0.25, 0.3) is 0 Å². The number of carbonyl (C=O) groups excluding carboxylic acids is 1. The van der Waals surface area contributed by atoms with Crippen LogP contribution in [0.3, 0.4) is 0 Å². The van der Waals surface area contributed by atoms with Crippen molar-refractivity contribution in [2.24, 2.45) is 0 Å². The number of aromatic hydroxyl groups is 3. The number of anilines is 3. The lowest BCUT2D eigenvalue weighted by atomic mass is 9.98. The third-order valence-corrected chi connectivity index (χ3v) is 14.7. The van der Waals surface area contributed by atoms with Gasteiger partial charge in [0.05, 0.1) is 22.0 Å². The molecule has 3 aliphatic rings. The summed E-state index contributed by atoms with van der Waals surface area (Å²) in [5.74, 6) is 1.46. The quantitative estimate of drug-likeness (QED) is 0.0750. The number of nitrogen functional groups attached to an aromatic ring is 3. The van der Waals surface area contributed by atoms with Crippen molar-refractivity contribution < 1.29 is 33.3 Å². The number of amides is 1. The number of rotatable bonds is 8. The molecule has 1 amide bonds.